The van der Waals surface area contributed by atoms with Gasteiger partial charge in [-0.2, -0.15) is 4.98 Å². The van der Waals surface area contributed by atoms with E-state index < -0.39 is 5.97 Å². The fourth-order valence-electron chi connectivity index (χ4n) is 2.41. The van der Waals surface area contributed by atoms with Crippen LogP contribution in [0.15, 0.2) is 10.7 Å². The van der Waals surface area contributed by atoms with E-state index in [-0.39, 0.29) is 5.69 Å². The smallest absolute Gasteiger partial charge is 0.360 e. The largest absolute Gasteiger partial charge is 0.461 e. The van der Waals surface area contributed by atoms with Crippen LogP contribution in [-0.4, -0.2) is 23.6 Å². The summed E-state index contributed by atoms with van der Waals surface area (Å²) in [7, 11) is 0. The number of oxazole rings is 1. The minimum atomic E-state index is -0.433. The first-order valence-corrected chi connectivity index (χ1v) is 7.18. The van der Waals surface area contributed by atoms with Crippen LogP contribution in [0.1, 0.15) is 62.4 Å². The van der Waals surface area contributed by atoms with Gasteiger partial charge in [0.05, 0.1) is 6.61 Å². The summed E-state index contributed by atoms with van der Waals surface area (Å²) in [6.45, 7) is 2.11. The van der Waals surface area contributed by atoms with Crippen molar-refractivity contribution >= 4 is 12.0 Å². The van der Waals surface area contributed by atoms with E-state index in [0.717, 1.165) is 12.8 Å². The molecule has 0 atom stereocenters. The maximum Gasteiger partial charge on any atom is 0.360 e. The number of esters is 1. The molecule has 1 aliphatic carbocycles. The third-order valence-corrected chi connectivity index (χ3v) is 3.42. The molecule has 0 aromatic carbocycles. The second kappa shape index (κ2) is 7.16. The number of aromatic nitrogens is 1. The Morgan fingerprint density at radius 1 is 1.37 bits per heavy atom. The Kier molecular flexibility index (Phi) is 5.24. The van der Waals surface area contributed by atoms with Crippen LogP contribution in [0.2, 0.25) is 0 Å². The van der Waals surface area contributed by atoms with Gasteiger partial charge in [-0.15, -0.1) is 0 Å². The van der Waals surface area contributed by atoms with E-state index in [0.29, 0.717) is 18.7 Å². The highest BCUT2D eigenvalue weighted by molar-refractivity contribution is 5.87. The molecule has 1 saturated carbocycles. The van der Waals surface area contributed by atoms with Crippen molar-refractivity contribution in [3.8, 4) is 0 Å². The molecule has 0 unspecified atom stereocenters. The first-order valence-electron chi connectivity index (χ1n) is 7.18. The van der Waals surface area contributed by atoms with Crippen molar-refractivity contribution in [1.29, 1.82) is 0 Å². The molecule has 1 aromatic heterocycles. The molecule has 0 saturated heterocycles. The van der Waals surface area contributed by atoms with Crippen molar-refractivity contribution in [2.75, 3.05) is 11.9 Å². The lowest BCUT2D eigenvalue weighted by molar-refractivity contribution is 0.0519. The molecule has 2 rings (SSSR count). The predicted molar refractivity (Wildman–Crippen MR) is 72.2 cm³/mol. The number of nitrogens with zero attached hydrogens (tertiary/aromatic N) is 1. The number of hydrogen-bond donors (Lipinski definition) is 1. The van der Waals surface area contributed by atoms with Gasteiger partial charge >= 0.3 is 5.97 Å². The SMILES string of the molecule is CCOC(=O)c1coc(NC2CCCCCCC2)n1. The van der Waals surface area contributed by atoms with Gasteiger partial charge in [-0.3, -0.25) is 0 Å². The van der Waals surface area contributed by atoms with Gasteiger partial charge in [0.25, 0.3) is 6.01 Å². The second-order valence-electron chi connectivity index (χ2n) is 4.94. The summed E-state index contributed by atoms with van der Waals surface area (Å²) in [6.07, 6.45) is 10.1. The van der Waals surface area contributed by atoms with Crippen LogP contribution < -0.4 is 5.32 Å². The monoisotopic (exact) mass is 266 g/mol. The van der Waals surface area contributed by atoms with Gasteiger partial charge < -0.3 is 14.5 Å². The van der Waals surface area contributed by atoms with Gasteiger partial charge in [-0.1, -0.05) is 32.1 Å². The lowest BCUT2D eigenvalue weighted by Gasteiger charge is -2.19. The number of rotatable bonds is 4. The summed E-state index contributed by atoms with van der Waals surface area (Å²) >= 11 is 0. The molecular formula is C14H22N2O3. The Labute approximate surface area is 113 Å². The lowest BCUT2D eigenvalue weighted by Crippen LogP contribution is -2.20. The van der Waals surface area contributed by atoms with E-state index >= 15 is 0 Å². The first-order chi connectivity index (χ1) is 9.29. The summed E-state index contributed by atoms with van der Waals surface area (Å²) in [6, 6.07) is 0.822. The molecule has 0 bridgehead atoms. The number of anilines is 1. The van der Waals surface area contributed by atoms with E-state index in [1.807, 2.05) is 0 Å². The zero-order valence-corrected chi connectivity index (χ0v) is 11.5. The predicted octanol–water partition coefficient (Wildman–Crippen LogP) is 3.38. The van der Waals surface area contributed by atoms with E-state index in [1.54, 1.807) is 6.92 Å². The van der Waals surface area contributed by atoms with Gasteiger partial charge in [0, 0.05) is 6.04 Å². The summed E-state index contributed by atoms with van der Waals surface area (Å²) < 4.78 is 10.2. The molecule has 1 aliphatic rings. The van der Waals surface area contributed by atoms with Gasteiger partial charge in [0.1, 0.15) is 6.26 Å². The van der Waals surface area contributed by atoms with E-state index in [4.69, 9.17) is 9.15 Å². The van der Waals surface area contributed by atoms with Crippen molar-refractivity contribution in [1.82, 2.24) is 4.98 Å². The minimum absolute atomic E-state index is 0.232. The average molecular weight is 266 g/mol. The molecular weight excluding hydrogens is 244 g/mol. The molecule has 1 heterocycles. The summed E-state index contributed by atoms with van der Waals surface area (Å²) in [4.78, 5) is 15.6. The molecule has 1 fully saturated rings. The highest BCUT2D eigenvalue weighted by Gasteiger charge is 2.16. The molecule has 106 valence electrons. The fourth-order valence-corrected chi connectivity index (χ4v) is 2.41. The van der Waals surface area contributed by atoms with Crippen molar-refractivity contribution in [3.05, 3.63) is 12.0 Å². The van der Waals surface area contributed by atoms with Crippen LogP contribution in [0.25, 0.3) is 0 Å². The highest BCUT2D eigenvalue weighted by Crippen LogP contribution is 2.20. The normalized spacial score (nSPS) is 17.5. The Morgan fingerprint density at radius 2 is 2.05 bits per heavy atom. The van der Waals surface area contributed by atoms with Crippen molar-refractivity contribution < 1.29 is 13.9 Å². The molecule has 1 N–H and O–H groups in total. The quantitative estimate of drug-likeness (QED) is 0.846. The van der Waals surface area contributed by atoms with Crippen molar-refractivity contribution in [2.45, 2.75) is 57.9 Å². The zero-order chi connectivity index (χ0) is 13.5. The Balaban J connectivity index is 1.89. The minimum Gasteiger partial charge on any atom is -0.461 e. The number of nitrogens with one attached hydrogen (secondary N) is 1. The lowest BCUT2D eigenvalue weighted by atomic mass is 9.97. The molecule has 0 amide bonds. The number of carbonyl (C=O) groups excluding carboxylic acids is 1. The van der Waals surface area contributed by atoms with Crippen LogP contribution in [0.3, 0.4) is 0 Å². The second-order valence-corrected chi connectivity index (χ2v) is 4.94. The molecule has 5 heteroatoms. The molecule has 1 aromatic rings. The molecule has 0 aliphatic heterocycles. The molecule has 19 heavy (non-hydrogen) atoms. The maximum absolute atomic E-state index is 11.5. The van der Waals surface area contributed by atoms with E-state index in [9.17, 15) is 4.79 Å². The maximum atomic E-state index is 11.5. The van der Waals surface area contributed by atoms with Gasteiger partial charge in [-0.25, -0.2) is 4.79 Å². The fraction of sp³-hybridized carbons (Fsp3) is 0.714. The van der Waals surface area contributed by atoms with Crippen LogP contribution in [0.5, 0.6) is 0 Å². The van der Waals surface area contributed by atoms with Crippen molar-refractivity contribution in [2.24, 2.45) is 0 Å². The summed E-state index contributed by atoms with van der Waals surface area (Å²) in [5, 5.41) is 3.28. The standard InChI is InChI=1S/C14H22N2O3/c1-2-18-13(17)12-10-19-14(16-12)15-11-8-6-4-3-5-7-9-11/h10-11H,2-9H2,1H3,(H,15,16). The molecule has 0 radical (unpaired) electrons. The summed E-state index contributed by atoms with van der Waals surface area (Å²) in [5.41, 5.74) is 0.232. The van der Waals surface area contributed by atoms with Gasteiger partial charge in [-0.05, 0) is 19.8 Å². The molecule has 0 spiro atoms. The third kappa shape index (κ3) is 4.26. The highest BCUT2D eigenvalue weighted by atomic mass is 16.5. The third-order valence-electron chi connectivity index (χ3n) is 3.42. The summed E-state index contributed by atoms with van der Waals surface area (Å²) in [5.74, 6) is -0.433. The average Bonchev–Trinajstić information content (AvgIpc) is 2.81. The van der Waals surface area contributed by atoms with Gasteiger partial charge in [0.15, 0.2) is 5.69 Å². The van der Waals surface area contributed by atoms with Crippen molar-refractivity contribution in [3.63, 3.8) is 0 Å². The van der Waals surface area contributed by atoms with Crippen LogP contribution in [0.4, 0.5) is 6.01 Å². The van der Waals surface area contributed by atoms with Crippen LogP contribution >= 0.6 is 0 Å². The van der Waals surface area contributed by atoms with E-state index in [2.05, 4.69) is 10.3 Å². The Hall–Kier alpha value is -1.52. The number of ether oxygens (including phenoxy) is 1. The van der Waals surface area contributed by atoms with E-state index in [1.165, 1.54) is 38.4 Å². The van der Waals surface area contributed by atoms with Crippen LogP contribution in [-0.2, 0) is 4.74 Å². The zero-order valence-electron chi connectivity index (χ0n) is 11.5. The van der Waals surface area contributed by atoms with Crippen LogP contribution in [0, 0.1) is 0 Å². The Morgan fingerprint density at radius 3 is 2.74 bits per heavy atom. The number of hydrogen-bond acceptors (Lipinski definition) is 5. The molecule has 5 nitrogen and oxygen atoms in total. The van der Waals surface area contributed by atoms with Gasteiger partial charge in [0.2, 0.25) is 0 Å². The first kappa shape index (κ1) is 13.9. The topological polar surface area (TPSA) is 64.4 Å². The number of carbonyl (C=O) groups is 1. The Bertz CT molecular complexity index is 395.